The molecule has 4 rings (SSSR count). The molecule has 0 radical (unpaired) electrons. The Morgan fingerprint density at radius 1 is 1.18 bits per heavy atom. The number of ketones is 1. The van der Waals surface area contributed by atoms with E-state index in [0.717, 1.165) is 4.68 Å². The van der Waals surface area contributed by atoms with Crippen molar-refractivity contribution in [2.75, 3.05) is 5.32 Å². The largest absolute Gasteiger partial charge is 0.478 e. The van der Waals surface area contributed by atoms with Crippen molar-refractivity contribution in [2.24, 2.45) is 5.41 Å². The lowest BCUT2D eigenvalue weighted by molar-refractivity contribution is -0.141. The number of Topliss-reactive ketones (excluding diaryl/α,β-unsaturated/α-hetero) is 1. The maximum absolute atomic E-state index is 13.7. The number of carboxylic acids is 1. The van der Waals surface area contributed by atoms with Crippen molar-refractivity contribution in [3.63, 3.8) is 0 Å². The minimum atomic E-state index is -4.79. The molecule has 1 aromatic heterocycles. The highest BCUT2D eigenvalue weighted by atomic mass is 19.4. The van der Waals surface area contributed by atoms with Crippen LogP contribution in [0.3, 0.4) is 0 Å². The summed E-state index contributed by atoms with van der Waals surface area (Å²) in [5, 5.41) is 26.3. The molecule has 2 aliphatic carbocycles. The Labute approximate surface area is 188 Å². The maximum atomic E-state index is 13.7. The van der Waals surface area contributed by atoms with Crippen LogP contribution in [0.25, 0.3) is 5.69 Å². The highest BCUT2D eigenvalue weighted by Gasteiger charge is 2.45. The van der Waals surface area contributed by atoms with Gasteiger partial charge in [-0.3, -0.25) is 4.79 Å². The quantitative estimate of drug-likeness (QED) is 0.616. The molecule has 0 atom stereocenters. The van der Waals surface area contributed by atoms with Gasteiger partial charge in [0.25, 0.3) is 0 Å². The van der Waals surface area contributed by atoms with Gasteiger partial charge in [0.15, 0.2) is 11.5 Å². The van der Waals surface area contributed by atoms with Crippen molar-refractivity contribution in [3.8, 4) is 5.69 Å². The minimum Gasteiger partial charge on any atom is -0.478 e. The predicted octanol–water partition coefficient (Wildman–Crippen LogP) is 4.46. The van der Waals surface area contributed by atoms with E-state index in [9.17, 15) is 33.0 Å². The number of carbonyl (C=O) groups excluding carboxylic acids is 1. The lowest BCUT2D eigenvalue weighted by Gasteiger charge is -2.29. The van der Waals surface area contributed by atoms with Crippen molar-refractivity contribution in [3.05, 3.63) is 40.7 Å². The average molecular weight is 465 g/mol. The highest BCUT2D eigenvalue weighted by molar-refractivity contribution is 6.00. The number of nitrogens with zero attached hydrogens (tertiary/aromatic N) is 2. The molecule has 1 heterocycles. The van der Waals surface area contributed by atoms with Gasteiger partial charge in [0.1, 0.15) is 0 Å². The second-order valence-corrected chi connectivity index (χ2v) is 9.71. The topological polar surface area (TPSA) is 104 Å². The van der Waals surface area contributed by atoms with Crippen LogP contribution in [0.2, 0.25) is 0 Å². The summed E-state index contributed by atoms with van der Waals surface area (Å²) in [5.74, 6) is -1.77. The lowest BCUT2D eigenvalue weighted by Crippen LogP contribution is -2.29. The fourth-order valence-corrected chi connectivity index (χ4v) is 4.77. The van der Waals surface area contributed by atoms with Crippen molar-refractivity contribution in [1.29, 1.82) is 0 Å². The van der Waals surface area contributed by atoms with E-state index < -0.39 is 34.6 Å². The molecule has 0 aliphatic heterocycles. The Balaban J connectivity index is 1.81. The molecule has 1 fully saturated rings. The normalized spacial score (nSPS) is 22.7. The molecule has 33 heavy (non-hydrogen) atoms. The number of alkyl halides is 3. The van der Waals surface area contributed by atoms with E-state index in [0.29, 0.717) is 25.7 Å². The van der Waals surface area contributed by atoms with Gasteiger partial charge in [-0.1, -0.05) is 13.8 Å². The number of anilines is 1. The molecule has 0 unspecified atom stereocenters. The van der Waals surface area contributed by atoms with E-state index in [-0.39, 0.29) is 47.6 Å². The summed E-state index contributed by atoms with van der Waals surface area (Å²) in [7, 11) is 0. The van der Waals surface area contributed by atoms with Gasteiger partial charge < -0.3 is 15.5 Å². The first kappa shape index (κ1) is 23.3. The summed E-state index contributed by atoms with van der Waals surface area (Å²) >= 11 is 0. The van der Waals surface area contributed by atoms with Crippen LogP contribution in [0.1, 0.15) is 78.1 Å². The smallest absolute Gasteiger partial charge is 0.435 e. The standard InChI is InChI=1S/C23H26F3N3O4/c1-22(2)10-17-19(18(31)11-22)20(23(24,25)26)28-29(17)13-5-8-15(21(32)33)16(9-13)27-12-3-6-14(30)7-4-12/h5,8-9,12,14,27,30H,3-4,6-7,10-11H2,1-2H3,(H,32,33). The van der Waals surface area contributed by atoms with Crippen LogP contribution < -0.4 is 5.32 Å². The average Bonchev–Trinajstić information content (AvgIpc) is 3.08. The summed E-state index contributed by atoms with van der Waals surface area (Å²) in [6.45, 7) is 3.63. The predicted molar refractivity (Wildman–Crippen MR) is 114 cm³/mol. The first-order valence-electron chi connectivity index (χ1n) is 10.9. The Bertz CT molecular complexity index is 1100. The van der Waals surface area contributed by atoms with Crippen LogP contribution in [0, 0.1) is 5.41 Å². The molecule has 7 nitrogen and oxygen atoms in total. The van der Waals surface area contributed by atoms with Crippen molar-refractivity contribution in [1.82, 2.24) is 9.78 Å². The Morgan fingerprint density at radius 3 is 2.45 bits per heavy atom. The number of aromatic nitrogens is 2. The van der Waals surface area contributed by atoms with Gasteiger partial charge in [-0.05, 0) is 55.7 Å². The zero-order valence-corrected chi connectivity index (χ0v) is 18.4. The van der Waals surface area contributed by atoms with Crippen LogP contribution in [0.4, 0.5) is 18.9 Å². The molecular weight excluding hydrogens is 439 g/mol. The minimum absolute atomic E-state index is 0.00688. The second-order valence-electron chi connectivity index (χ2n) is 9.71. The van der Waals surface area contributed by atoms with Gasteiger partial charge in [0, 0.05) is 12.5 Å². The van der Waals surface area contributed by atoms with Gasteiger partial charge in [-0.15, -0.1) is 0 Å². The SMILES string of the molecule is CC1(C)CC(=O)c2c(C(F)(F)F)nn(-c3ccc(C(=O)O)c(NC4CCC(O)CC4)c3)c2C1. The van der Waals surface area contributed by atoms with E-state index in [1.807, 2.05) is 13.8 Å². The molecule has 0 amide bonds. The first-order chi connectivity index (χ1) is 15.4. The number of fused-ring (bicyclic) bond motifs is 1. The van der Waals surface area contributed by atoms with E-state index in [2.05, 4.69) is 10.4 Å². The number of nitrogens with one attached hydrogen (secondary N) is 1. The van der Waals surface area contributed by atoms with Crippen molar-refractivity contribution in [2.45, 2.75) is 70.7 Å². The number of carbonyl (C=O) groups is 2. The van der Waals surface area contributed by atoms with Crippen LogP contribution in [0.15, 0.2) is 18.2 Å². The Morgan fingerprint density at radius 2 is 1.85 bits per heavy atom. The number of rotatable bonds is 4. The first-order valence-corrected chi connectivity index (χ1v) is 10.9. The molecule has 2 aliphatic rings. The number of halogens is 3. The maximum Gasteiger partial charge on any atom is 0.435 e. The Kier molecular flexibility index (Phi) is 5.76. The number of aliphatic hydroxyl groups is 1. The van der Waals surface area contributed by atoms with Crippen molar-refractivity contribution >= 4 is 17.4 Å². The summed E-state index contributed by atoms with van der Waals surface area (Å²) < 4.78 is 42.3. The molecule has 3 N–H and O–H groups in total. The van der Waals surface area contributed by atoms with Crippen LogP contribution in [0.5, 0.6) is 0 Å². The number of aliphatic hydroxyl groups excluding tert-OH is 1. The molecule has 1 saturated carbocycles. The molecule has 10 heteroatoms. The fraction of sp³-hybridized carbons (Fsp3) is 0.522. The van der Waals surface area contributed by atoms with Gasteiger partial charge in [0.2, 0.25) is 0 Å². The van der Waals surface area contributed by atoms with Crippen LogP contribution >= 0.6 is 0 Å². The van der Waals surface area contributed by atoms with Gasteiger partial charge in [0.05, 0.1) is 34.3 Å². The molecule has 178 valence electrons. The molecule has 0 bridgehead atoms. The van der Waals surface area contributed by atoms with E-state index >= 15 is 0 Å². The highest BCUT2D eigenvalue weighted by Crippen LogP contribution is 2.42. The monoisotopic (exact) mass is 465 g/mol. The summed E-state index contributed by atoms with van der Waals surface area (Å²) in [5.41, 5.74) is -1.47. The van der Waals surface area contributed by atoms with E-state index in [1.54, 1.807) is 0 Å². The Hall–Kier alpha value is -2.88. The molecule has 1 aromatic carbocycles. The molecule has 2 aromatic rings. The number of aromatic carboxylic acids is 1. The lowest BCUT2D eigenvalue weighted by atomic mass is 9.75. The van der Waals surface area contributed by atoms with Gasteiger partial charge in [-0.2, -0.15) is 18.3 Å². The van der Waals surface area contributed by atoms with E-state index in [4.69, 9.17) is 0 Å². The molecule has 0 spiro atoms. The molecule has 0 saturated heterocycles. The van der Waals surface area contributed by atoms with Crippen molar-refractivity contribution < 1.29 is 33.0 Å². The fourth-order valence-electron chi connectivity index (χ4n) is 4.77. The summed E-state index contributed by atoms with van der Waals surface area (Å²) in [6, 6.07) is 4.13. The summed E-state index contributed by atoms with van der Waals surface area (Å²) in [4.78, 5) is 24.4. The third-order valence-corrected chi connectivity index (χ3v) is 6.35. The van der Waals surface area contributed by atoms with Crippen LogP contribution in [-0.4, -0.2) is 43.9 Å². The van der Waals surface area contributed by atoms with Gasteiger partial charge >= 0.3 is 12.1 Å². The third-order valence-electron chi connectivity index (χ3n) is 6.35. The van der Waals surface area contributed by atoms with Gasteiger partial charge in [-0.25, -0.2) is 9.48 Å². The molecular formula is C23H26F3N3O4. The second kappa shape index (κ2) is 8.16. The summed E-state index contributed by atoms with van der Waals surface area (Å²) in [6.07, 6.45) is -2.51. The number of hydrogen-bond acceptors (Lipinski definition) is 5. The number of carboxylic acid groups (broad SMARTS) is 1. The zero-order valence-electron chi connectivity index (χ0n) is 18.4. The number of hydrogen-bond donors (Lipinski definition) is 3. The zero-order chi connectivity index (χ0) is 24.1. The third kappa shape index (κ3) is 4.62. The number of benzene rings is 1. The van der Waals surface area contributed by atoms with E-state index in [1.165, 1.54) is 18.2 Å². The van der Waals surface area contributed by atoms with Crippen LogP contribution in [-0.2, 0) is 12.6 Å².